The van der Waals surface area contributed by atoms with Crippen LogP contribution < -0.4 is 5.32 Å². The second-order valence-electron chi connectivity index (χ2n) is 5.57. The minimum absolute atomic E-state index is 0.704. The molecule has 1 unspecified atom stereocenters. The number of thiophene rings is 1. The van der Waals surface area contributed by atoms with E-state index in [2.05, 4.69) is 36.1 Å². The minimum Gasteiger partial charge on any atom is -0.317 e. The molecule has 0 fully saturated rings. The Balaban J connectivity index is 1.99. The Morgan fingerprint density at radius 1 is 1.05 bits per heavy atom. The summed E-state index contributed by atoms with van der Waals surface area (Å²) in [6.07, 6.45) is 13.7. The van der Waals surface area contributed by atoms with Gasteiger partial charge in [-0.05, 0) is 48.7 Å². The number of unbranched alkanes of at least 4 members (excludes halogenated alkanes) is 6. The van der Waals surface area contributed by atoms with E-state index >= 15 is 0 Å². The highest BCUT2D eigenvalue weighted by atomic mass is 32.1. The molecule has 0 radical (unpaired) electrons. The van der Waals surface area contributed by atoms with Gasteiger partial charge in [0.05, 0.1) is 0 Å². The van der Waals surface area contributed by atoms with E-state index in [0.29, 0.717) is 6.04 Å². The minimum atomic E-state index is 0.704. The van der Waals surface area contributed by atoms with Gasteiger partial charge < -0.3 is 5.32 Å². The van der Waals surface area contributed by atoms with Gasteiger partial charge in [0.1, 0.15) is 0 Å². The van der Waals surface area contributed by atoms with E-state index < -0.39 is 0 Å². The molecule has 1 nitrogen and oxygen atoms in total. The van der Waals surface area contributed by atoms with Gasteiger partial charge in [-0.2, -0.15) is 11.3 Å². The molecule has 0 amide bonds. The zero-order valence-electron chi connectivity index (χ0n) is 12.8. The van der Waals surface area contributed by atoms with Crippen molar-refractivity contribution in [2.24, 2.45) is 0 Å². The normalized spacial score (nSPS) is 12.7. The summed E-state index contributed by atoms with van der Waals surface area (Å²) in [5.41, 5.74) is 1.50. The summed E-state index contributed by atoms with van der Waals surface area (Å²) in [6.45, 7) is 2.28. The molecule has 1 heterocycles. The Labute approximate surface area is 123 Å². The molecule has 2 heteroatoms. The summed E-state index contributed by atoms with van der Waals surface area (Å²) in [4.78, 5) is 0. The second kappa shape index (κ2) is 11.5. The lowest BCUT2D eigenvalue weighted by Crippen LogP contribution is -2.25. The van der Waals surface area contributed by atoms with E-state index in [-0.39, 0.29) is 0 Å². The molecule has 1 aromatic rings. The van der Waals surface area contributed by atoms with Gasteiger partial charge >= 0.3 is 0 Å². The predicted octanol–water partition coefficient (Wildman–Crippen LogP) is 5.41. The standard InChI is InChI=1S/C17H31NS/c1-3-4-5-6-7-8-9-10-17(18-2)12-11-16-13-14-19-15-16/h13-15,17-18H,3-12H2,1-2H3. The Hall–Kier alpha value is -0.340. The molecule has 0 spiro atoms. The van der Waals surface area contributed by atoms with Crippen molar-refractivity contribution < 1.29 is 0 Å². The molecule has 1 rings (SSSR count). The molecule has 1 atom stereocenters. The number of hydrogen-bond acceptors (Lipinski definition) is 2. The van der Waals surface area contributed by atoms with Crippen molar-refractivity contribution in [1.29, 1.82) is 0 Å². The topological polar surface area (TPSA) is 12.0 Å². The van der Waals surface area contributed by atoms with Gasteiger partial charge in [0.15, 0.2) is 0 Å². The van der Waals surface area contributed by atoms with Crippen molar-refractivity contribution in [2.45, 2.75) is 77.2 Å². The van der Waals surface area contributed by atoms with Crippen molar-refractivity contribution in [3.05, 3.63) is 22.4 Å². The number of nitrogens with one attached hydrogen (secondary N) is 1. The molecule has 0 bridgehead atoms. The molecule has 1 N–H and O–H groups in total. The van der Waals surface area contributed by atoms with Crippen LogP contribution in [0, 0.1) is 0 Å². The summed E-state index contributed by atoms with van der Waals surface area (Å²) < 4.78 is 0. The van der Waals surface area contributed by atoms with Gasteiger partial charge in [-0.15, -0.1) is 0 Å². The lowest BCUT2D eigenvalue weighted by Gasteiger charge is -2.15. The molecule has 0 saturated carbocycles. The summed E-state index contributed by atoms with van der Waals surface area (Å²) in [7, 11) is 2.11. The Kier molecular flexibility index (Phi) is 10.1. The monoisotopic (exact) mass is 281 g/mol. The molecule has 0 aliphatic heterocycles. The first-order chi connectivity index (χ1) is 9.36. The Bertz CT molecular complexity index is 281. The van der Waals surface area contributed by atoms with Crippen LogP contribution >= 0.6 is 11.3 Å². The summed E-state index contributed by atoms with van der Waals surface area (Å²) in [5, 5.41) is 7.94. The molecule has 0 aromatic carbocycles. The van der Waals surface area contributed by atoms with Crippen LogP contribution in [0.4, 0.5) is 0 Å². The number of hydrogen-bond donors (Lipinski definition) is 1. The van der Waals surface area contributed by atoms with Gasteiger partial charge in [-0.25, -0.2) is 0 Å². The van der Waals surface area contributed by atoms with Crippen molar-refractivity contribution in [2.75, 3.05) is 7.05 Å². The van der Waals surface area contributed by atoms with Crippen molar-refractivity contribution >= 4 is 11.3 Å². The van der Waals surface area contributed by atoms with Crippen molar-refractivity contribution in [1.82, 2.24) is 5.32 Å². The zero-order chi connectivity index (χ0) is 13.8. The average molecular weight is 282 g/mol. The van der Waals surface area contributed by atoms with Gasteiger partial charge in [0.25, 0.3) is 0 Å². The van der Waals surface area contributed by atoms with Crippen molar-refractivity contribution in [3.8, 4) is 0 Å². The second-order valence-corrected chi connectivity index (χ2v) is 6.35. The smallest absolute Gasteiger partial charge is 0.00672 e. The fraction of sp³-hybridized carbons (Fsp3) is 0.765. The van der Waals surface area contributed by atoms with E-state index in [0.717, 1.165) is 0 Å². The fourth-order valence-electron chi connectivity index (χ4n) is 2.56. The Morgan fingerprint density at radius 2 is 1.79 bits per heavy atom. The third-order valence-electron chi connectivity index (χ3n) is 3.93. The highest BCUT2D eigenvalue weighted by Crippen LogP contribution is 2.14. The maximum absolute atomic E-state index is 3.48. The lowest BCUT2D eigenvalue weighted by molar-refractivity contribution is 0.457. The average Bonchev–Trinajstić information content (AvgIpc) is 2.94. The van der Waals surface area contributed by atoms with Crippen LogP contribution in [0.3, 0.4) is 0 Å². The molecule has 19 heavy (non-hydrogen) atoms. The first kappa shape index (κ1) is 16.7. The van der Waals surface area contributed by atoms with Gasteiger partial charge in [-0.3, -0.25) is 0 Å². The SMILES string of the molecule is CCCCCCCCCC(CCc1ccsc1)NC. The number of rotatable bonds is 12. The largest absolute Gasteiger partial charge is 0.317 e. The highest BCUT2D eigenvalue weighted by molar-refractivity contribution is 7.07. The van der Waals surface area contributed by atoms with E-state index in [1.165, 1.54) is 69.8 Å². The molecule has 1 aromatic heterocycles. The van der Waals surface area contributed by atoms with E-state index in [4.69, 9.17) is 0 Å². The van der Waals surface area contributed by atoms with Crippen LogP contribution in [0.25, 0.3) is 0 Å². The summed E-state index contributed by atoms with van der Waals surface area (Å²) in [5.74, 6) is 0. The number of aryl methyl sites for hydroxylation is 1. The first-order valence-corrected chi connectivity index (χ1v) is 8.99. The first-order valence-electron chi connectivity index (χ1n) is 8.05. The van der Waals surface area contributed by atoms with E-state index in [9.17, 15) is 0 Å². The fourth-order valence-corrected chi connectivity index (χ4v) is 3.26. The maximum Gasteiger partial charge on any atom is 0.00672 e. The third-order valence-corrected chi connectivity index (χ3v) is 4.66. The third kappa shape index (κ3) is 8.43. The van der Waals surface area contributed by atoms with Crippen LogP contribution in [-0.2, 0) is 6.42 Å². The van der Waals surface area contributed by atoms with E-state index in [1.807, 2.05) is 11.3 Å². The quantitative estimate of drug-likeness (QED) is 0.505. The molecular weight excluding hydrogens is 250 g/mol. The van der Waals surface area contributed by atoms with Crippen LogP contribution in [0.1, 0.15) is 70.3 Å². The van der Waals surface area contributed by atoms with Crippen LogP contribution in [0.15, 0.2) is 16.8 Å². The molecule has 0 saturated heterocycles. The summed E-state index contributed by atoms with van der Waals surface area (Å²) in [6, 6.07) is 2.96. The van der Waals surface area contributed by atoms with E-state index in [1.54, 1.807) is 0 Å². The molecule has 110 valence electrons. The van der Waals surface area contributed by atoms with Gasteiger partial charge in [0.2, 0.25) is 0 Å². The molecular formula is C17H31NS. The van der Waals surface area contributed by atoms with Crippen molar-refractivity contribution in [3.63, 3.8) is 0 Å². The van der Waals surface area contributed by atoms with Crippen LogP contribution in [-0.4, -0.2) is 13.1 Å². The molecule has 0 aliphatic rings. The molecule has 0 aliphatic carbocycles. The highest BCUT2D eigenvalue weighted by Gasteiger charge is 2.06. The maximum atomic E-state index is 3.48. The van der Waals surface area contributed by atoms with Crippen LogP contribution in [0.2, 0.25) is 0 Å². The predicted molar refractivity (Wildman–Crippen MR) is 88.1 cm³/mol. The Morgan fingerprint density at radius 3 is 2.42 bits per heavy atom. The van der Waals surface area contributed by atoms with Crippen LogP contribution in [0.5, 0.6) is 0 Å². The van der Waals surface area contributed by atoms with Gasteiger partial charge in [0, 0.05) is 6.04 Å². The summed E-state index contributed by atoms with van der Waals surface area (Å²) >= 11 is 1.81. The van der Waals surface area contributed by atoms with Gasteiger partial charge in [-0.1, -0.05) is 51.9 Å². The lowest BCUT2D eigenvalue weighted by atomic mass is 10.0. The zero-order valence-corrected chi connectivity index (χ0v) is 13.6.